The first kappa shape index (κ1) is 15.2. The second-order valence-electron chi connectivity index (χ2n) is 6.07. The molecule has 2 nitrogen and oxygen atoms in total. The third-order valence-corrected chi connectivity index (χ3v) is 4.09. The van der Waals surface area contributed by atoms with Crippen molar-refractivity contribution in [3.8, 4) is 5.75 Å². The van der Waals surface area contributed by atoms with Gasteiger partial charge in [0.25, 0.3) is 0 Å². The summed E-state index contributed by atoms with van der Waals surface area (Å²) in [5.74, 6) is 1.49. The number of aliphatic hydroxyl groups excluding tert-OH is 1. The largest absolute Gasteiger partial charge is 0.435 e. The summed E-state index contributed by atoms with van der Waals surface area (Å²) in [6.45, 7) is 1.56. The lowest BCUT2D eigenvalue weighted by atomic mass is 9.73. The molecular weight excluding hydrogens is 262 g/mol. The summed E-state index contributed by atoms with van der Waals surface area (Å²) in [5.41, 5.74) is 0.662. The van der Waals surface area contributed by atoms with Gasteiger partial charge in [0.15, 0.2) is 0 Å². The molecular formula is C16H22F2O2. The minimum atomic E-state index is -2.84. The van der Waals surface area contributed by atoms with Crippen molar-refractivity contribution in [1.82, 2.24) is 0 Å². The van der Waals surface area contributed by atoms with Gasteiger partial charge in [-0.25, -0.2) is 0 Å². The molecule has 20 heavy (non-hydrogen) atoms. The van der Waals surface area contributed by atoms with E-state index in [-0.39, 0.29) is 11.7 Å². The molecule has 1 aromatic carbocycles. The number of aliphatic hydroxyl groups is 1. The van der Waals surface area contributed by atoms with Crippen molar-refractivity contribution in [3.05, 3.63) is 29.8 Å². The number of alkyl halides is 2. The van der Waals surface area contributed by atoms with Crippen LogP contribution in [-0.2, 0) is 0 Å². The Kier molecular flexibility index (Phi) is 4.97. The van der Waals surface area contributed by atoms with Crippen molar-refractivity contribution in [3.63, 3.8) is 0 Å². The molecule has 1 N–H and O–H groups in total. The van der Waals surface area contributed by atoms with E-state index in [1.165, 1.54) is 18.6 Å². The number of halogens is 2. The molecule has 3 unspecified atom stereocenters. The van der Waals surface area contributed by atoms with Crippen molar-refractivity contribution in [2.75, 3.05) is 0 Å². The van der Waals surface area contributed by atoms with Gasteiger partial charge in [0.1, 0.15) is 5.75 Å². The van der Waals surface area contributed by atoms with Crippen molar-refractivity contribution in [1.29, 1.82) is 0 Å². The second-order valence-corrected chi connectivity index (χ2v) is 6.07. The highest BCUT2D eigenvalue weighted by atomic mass is 19.3. The van der Waals surface area contributed by atoms with E-state index < -0.39 is 12.7 Å². The van der Waals surface area contributed by atoms with Crippen LogP contribution in [0.2, 0.25) is 0 Å². The average molecular weight is 284 g/mol. The number of ether oxygens (including phenoxy) is 1. The van der Waals surface area contributed by atoms with E-state index in [0.717, 1.165) is 12.8 Å². The average Bonchev–Trinajstić information content (AvgIpc) is 2.36. The maximum Gasteiger partial charge on any atom is 0.387 e. The zero-order valence-electron chi connectivity index (χ0n) is 11.9. The molecule has 0 spiro atoms. The van der Waals surface area contributed by atoms with E-state index >= 15 is 0 Å². The number of benzene rings is 1. The van der Waals surface area contributed by atoms with Gasteiger partial charge in [-0.05, 0) is 54.7 Å². The third kappa shape index (κ3) is 3.92. The van der Waals surface area contributed by atoms with Crippen LogP contribution in [0.5, 0.6) is 5.75 Å². The van der Waals surface area contributed by atoms with Gasteiger partial charge in [-0.15, -0.1) is 0 Å². The SMILES string of the molecule is CC1CC(C)CC(C(O)c2cccc(OC(F)F)c2)C1. The molecule has 0 bridgehead atoms. The molecule has 0 saturated heterocycles. The minimum Gasteiger partial charge on any atom is -0.435 e. The molecule has 0 heterocycles. The fraction of sp³-hybridized carbons (Fsp3) is 0.625. The number of hydrogen-bond acceptors (Lipinski definition) is 2. The molecule has 112 valence electrons. The molecule has 1 aliphatic rings. The number of rotatable bonds is 4. The van der Waals surface area contributed by atoms with Gasteiger partial charge in [-0.3, -0.25) is 0 Å². The Labute approximate surface area is 118 Å². The summed E-state index contributed by atoms with van der Waals surface area (Å²) >= 11 is 0. The normalized spacial score (nSPS) is 28.4. The quantitative estimate of drug-likeness (QED) is 0.888. The fourth-order valence-corrected chi connectivity index (χ4v) is 3.41. The Hall–Kier alpha value is -1.16. The summed E-state index contributed by atoms with van der Waals surface area (Å²) in [7, 11) is 0. The van der Waals surface area contributed by atoms with Crippen LogP contribution in [-0.4, -0.2) is 11.7 Å². The van der Waals surface area contributed by atoms with Crippen LogP contribution in [0.3, 0.4) is 0 Å². The Morgan fingerprint density at radius 1 is 1.15 bits per heavy atom. The molecule has 3 atom stereocenters. The molecule has 4 heteroatoms. The predicted octanol–water partition coefficient (Wildman–Crippen LogP) is 4.39. The van der Waals surface area contributed by atoms with Crippen LogP contribution in [0.4, 0.5) is 8.78 Å². The monoisotopic (exact) mass is 284 g/mol. The lowest BCUT2D eigenvalue weighted by Gasteiger charge is -2.34. The molecule has 1 fully saturated rings. The van der Waals surface area contributed by atoms with Crippen LogP contribution in [0.25, 0.3) is 0 Å². The molecule has 1 saturated carbocycles. The summed E-state index contributed by atoms with van der Waals surface area (Å²) in [6.07, 6.45) is 2.54. The van der Waals surface area contributed by atoms with E-state index in [1.807, 2.05) is 0 Å². The second kappa shape index (κ2) is 6.53. The topological polar surface area (TPSA) is 29.5 Å². The number of hydrogen-bond donors (Lipinski definition) is 1. The van der Waals surface area contributed by atoms with Crippen LogP contribution in [0, 0.1) is 17.8 Å². The smallest absolute Gasteiger partial charge is 0.387 e. The third-order valence-electron chi connectivity index (χ3n) is 4.09. The van der Waals surface area contributed by atoms with Crippen LogP contribution < -0.4 is 4.74 Å². The van der Waals surface area contributed by atoms with Gasteiger partial charge in [0, 0.05) is 0 Å². The maximum absolute atomic E-state index is 12.2. The first-order valence-electron chi connectivity index (χ1n) is 7.18. The Morgan fingerprint density at radius 3 is 2.40 bits per heavy atom. The maximum atomic E-state index is 12.2. The molecule has 0 aliphatic heterocycles. The highest BCUT2D eigenvalue weighted by Crippen LogP contribution is 2.40. The molecule has 1 aliphatic carbocycles. The van der Waals surface area contributed by atoms with Gasteiger partial charge in [-0.1, -0.05) is 26.0 Å². The van der Waals surface area contributed by atoms with Crippen molar-refractivity contribution >= 4 is 0 Å². The van der Waals surface area contributed by atoms with Crippen molar-refractivity contribution < 1.29 is 18.6 Å². The molecule has 0 aromatic heterocycles. The van der Waals surface area contributed by atoms with Gasteiger partial charge in [-0.2, -0.15) is 8.78 Å². The van der Waals surface area contributed by atoms with E-state index in [4.69, 9.17) is 0 Å². The summed E-state index contributed by atoms with van der Waals surface area (Å²) < 4.78 is 28.8. The fourth-order valence-electron chi connectivity index (χ4n) is 3.41. The minimum absolute atomic E-state index is 0.105. The van der Waals surface area contributed by atoms with Gasteiger partial charge in [0.2, 0.25) is 0 Å². The van der Waals surface area contributed by atoms with Crippen LogP contribution in [0.1, 0.15) is 44.8 Å². The van der Waals surface area contributed by atoms with Gasteiger partial charge >= 0.3 is 6.61 Å². The Bertz CT molecular complexity index is 426. The van der Waals surface area contributed by atoms with Gasteiger partial charge < -0.3 is 9.84 Å². The molecule has 2 rings (SSSR count). The first-order chi connectivity index (χ1) is 9.45. The van der Waals surface area contributed by atoms with E-state index in [9.17, 15) is 13.9 Å². The van der Waals surface area contributed by atoms with Crippen molar-refractivity contribution in [2.45, 2.75) is 45.8 Å². The zero-order valence-corrected chi connectivity index (χ0v) is 11.9. The summed E-state index contributed by atoms with van der Waals surface area (Å²) in [6, 6.07) is 6.41. The van der Waals surface area contributed by atoms with Crippen molar-refractivity contribution in [2.24, 2.45) is 17.8 Å². The molecule has 0 amide bonds. The predicted molar refractivity (Wildman–Crippen MR) is 73.7 cm³/mol. The Balaban J connectivity index is 2.09. The highest BCUT2D eigenvalue weighted by Gasteiger charge is 2.30. The summed E-state index contributed by atoms with van der Waals surface area (Å²) in [5, 5.41) is 10.5. The van der Waals surface area contributed by atoms with Crippen LogP contribution >= 0.6 is 0 Å². The lowest BCUT2D eigenvalue weighted by molar-refractivity contribution is -0.0500. The molecule has 1 aromatic rings. The van der Waals surface area contributed by atoms with E-state index in [0.29, 0.717) is 17.4 Å². The van der Waals surface area contributed by atoms with Gasteiger partial charge in [0.05, 0.1) is 6.10 Å². The van der Waals surface area contributed by atoms with Crippen LogP contribution in [0.15, 0.2) is 24.3 Å². The lowest BCUT2D eigenvalue weighted by Crippen LogP contribution is -2.24. The molecule has 0 radical (unpaired) electrons. The standard InChI is InChI=1S/C16H22F2O2/c1-10-6-11(2)8-13(7-10)15(19)12-4-3-5-14(9-12)20-16(17)18/h3-5,9-11,13,15-16,19H,6-8H2,1-2H3. The zero-order chi connectivity index (χ0) is 14.7. The highest BCUT2D eigenvalue weighted by molar-refractivity contribution is 5.30. The Morgan fingerprint density at radius 2 is 1.80 bits per heavy atom. The van der Waals surface area contributed by atoms with E-state index in [1.54, 1.807) is 12.1 Å². The van der Waals surface area contributed by atoms with E-state index in [2.05, 4.69) is 18.6 Å². The summed E-state index contributed by atoms with van der Waals surface area (Å²) in [4.78, 5) is 0. The first-order valence-corrected chi connectivity index (χ1v) is 7.18.